The molecule has 0 bridgehead atoms. The normalized spacial score (nSPS) is 17.4. The Balaban J connectivity index is 0.00000361. The Labute approximate surface area is 126 Å². The van der Waals surface area contributed by atoms with E-state index in [4.69, 9.17) is 4.74 Å². The summed E-state index contributed by atoms with van der Waals surface area (Å²) in [5.41, 5.74) is -1.41. The standard InChI is InChI=1S/C13H24N2O4.ClH/c1-12(2,3)19-11(18)14-6-8-15(9-7-14)13(4,5)10(16)17;/h6-9H2,1-5H3,(H,16,17);1H. The first-order chi connectivity index (χ1) is 8.54. The molecule has 1 amide bonds. The van der Waals surface area contributed by atoms with Gasteiger partial charge in [0.2, 0.25) is 0 Å². The topological polar surface area (TPSA) is 70.1 Å². The molecule has 1 saturated heterocycles. The van der Waals surface area contributed by atoms with Gasteiger partial charge in [-0.3, -0.25) is 9.69 Å². The first-order valence-corrected chi connectivity index (χ1v) is 6.50. The number of carboxylic acids is 1. The third kappa shape index (κ3) is 4.83. The van der Waals surface area contributed by atoms with E-state index in [1.54, 1.807) is 18.7 Å². The summed E-state index contributed by atoms with van der Waals surface area (Å²) in [5, 5.41) is 9.17. The van der Waals surface area contributed by atoms with E-state index in [1.165, 1.54) is 0 Å². The van der Waals surface area contributed by atoms with Crippen LogP contribution in [0.15, 0.2) is 0 Å². The third-order valence-corrected chi connectivity index (χ3v) is 3.25. The number of piperazine rings is 1. The first-order valence-electron chi connectivity index (χ1n) is 6.50. The molecule has 1 rings (SSSR count). The molecular weight excluding hydrogens is 284 g/mol. The van der Waals surface area contributed by atoms with Crippen molar-refractivity contribution < 1.29 is 19.4 Å². The number of aliphatic carboxylic acids is 1. The number of carbonyl (C=O) groups excluding carboxylic acids is 1. The zero-order valence-corrected chi connectivity index (χ0v) is 13.6. The molecule has 7 heteroatoms. The van der Waals surface area contributed by atoms with Gasteiger partial charge >= 0.3 is 12.1 Å². The van der Waals surface area contributed by atoms with Gasteiger partial charge in [0.25, 0.3) is 0 Å². The molecule has 0 radical (unpaired) electrons. The van der Waals surface area contributed by atoms with Crippen molar-refractivity contribution in [1.82, 2.24) is 9.80 Å². The van der Waals surface area contributed by atoms with Gasteiger partial charge < -0.3 is 14.7 Å². The minimum Gasteiger partial charge on any atom is -0.480 e. The lowest BCUT2D eigenvalue weighted by molar-refractivity contribution is -0.150. The first kappa shape index (κ1) is 19.0. The average molecular weight is 309 g/mol. The molecule has 0 spiro atoms. The summed E-state index contributed by atoms with van der Waals surface area (Å²) in [5.74, 6) is -0.849. The second kappa shape index (κ2) is 6.63. The van der Waals surface area contributed by atoms with Crippen LogP contribution in [0.4, 0.5) is 4.79 Å². The van der Waals surface area contributed by atoms with Crippen LogP contribution in [0.5, 0.6) is 0 Å². The highest BCUT2D eigenvalue weighted by Crippen LogP contribution is 2.18. The summed E-state index contributed by atoms with van der Waals surface area (Å²) in [6, 6.07) is 0. The summed E-state index contributed by atoms with van der Waals surface area (Å²) in [4.78, 5) is 26.5. The van der Waals surface area contributed by atoms with Crippen LogP contribution < -0.4 is 0 Å². The van der Waals surface area contributed by atoms with Crippen LogP contribution >= 0.6 is 12.4 Å². The molecule has 1 aliphatic heterocycles. The molecule has 0 aromatic carbocycles. The number of hydrogen-bond acceptors (Lipinski definition) is 4. The fraction of sp³-hybridized carbons (Fsp3) is 0.846. The minimum atomic E-state index is -0.903. The average Bonchev–Trinajstić information content (AvgIpc) is 2.26. The van der Waals surface area contributed by atoms with Crippen molar-refractivity contribution in [2.75, 3.05) is 26.2 Å². The van der Waals surface area contributed by atoms with Gasteiger partial charge in [0.15, 0.2) is 0 Å². The van der Waals surface area contributed by atoms with E-state index in [9.17, 15) is 14.7 Å². The molecule has 0 saturated carbocycles. The maximum absolute atomic E-state index is 11.9. The zero-order valence-electron chi connectivity index (χ0n) is 12.8. The van der Waals surface area contributed by atoms with Gasteiger partial charge in [0.05, 0.1) is 0 Å². The van der Waals surface area contributed by atoms with Gasteiger partial charge in [0, 0.05) is 26.2 Å². The SMILES string of the molecule is CC(C)(C)OC(=O)N1CCN(C(C)(C)C(=O)O)CC1.Cl. The Morgan fingerprint density at radius 2 is 1.45 bits per heavy atom. The van der Waals surface area contributed by atoms with Gasteiger partial charge in [-0.15, -0.1) is 12.4 Å². The molecule has 20 heavy (non-hydrogen) atoms. The molecule has 1 N–H and O–H groups in total. The van der Waals surface area contributed by atoms with Crippen molar-refractivity contribution in [1.29, 1.82) is 0 Å². The van der Waals surface area contributed by atoms with E-state index in [1.807, 2.05) is 25.7 Å². The number of rotatable bonds is 2. The highest BCUT2D eigenvalue weighted by molar-refractivity contribution is 5.85. The van der Waals surface area contributed by atoms with Crippen molar-refractivity contribution in [3.63, 3.8) is 0 Å². The second-order valence-corrected chi connectivity index (χ2v) is 6.32. The number of hydrogen-bond donors (Lipinski definition) is 1. The van der Waals surface area contributed by atoms with E-state index < -0.39 is 17.1 Å². The number of ether oxygens (including phenoxy) is 1. The number of nitrogens with zero attached hydrogens (tertiary/aromatic N) is 2. The quantitative estimate of drug-likeness (QED) is 0.842. The van der Waals surface area contributed by atoms with Gasteiger partial charge in [-0.1, -0.05) is 0 Å². The maximum Gasteiger partial charge on any atom is 0.410 e. The van der Waals surface area contributed by atoms with E-state index in [0.29, 0.717) is 26.2 Å². The molecular formula is C13H25ClN2O4. The molecule has 1 fully saturated rings. The van der Waals surface area contributed by atoms with Crippen LogP contribution in [0.1, 0.15) is 34.6 Å². The van der Waals surface area contributed by atoms with Gasteiger partial charge in [0.1, 0.15) is 11.1 Å². The van der Waals surface area contributed by atoms with E-state index in [0.717, 1.165) is 0 Å². The van der Waals surface area contributed by atoms with Gasteiger partial charge in [-0.25, -0.2) is 4.79 Å². The molecule has 0 atom stereocenters. The molecule has 1 heterocycles. The highest BCUT2D eigenvalue weighted by Gasteiger charge is 2.37. The summed E-state index contributed by atoms with van der Waals surface area (Å²) in [6.07, 6.45) is -0.333. The van der Waals surface area contributed by atoms with Gasteiger partial charge in [-0.05, 0) is 34.6 Å². The summed E-state index contributed by atoms with van der Waals surface area (Å²) >= 11 is 0. The van der Waals surface area contributed by atoms with Crippen molar-refractivity contribution in [2.45, 2.75) is 45.8 Å². The fourth-order valence-electron chi connectivity index (χ4n) is 1.91. The smallest absolute Gasteiger partial charge is 0.410 e. The van der Waals surface area contributed by atoms with Crippen LogP contribution in [0.25, 0.3) is 0 Å². The van der Waals surface area contributed by atoms with E-state index in [2.05, 4.69) is 0 Å². The minimum absolute atomic E-state index is 0. The summed E-state index contributed by atoms with van der Waals surface area (Å²) in [7, 11) is 0. The molecule has 1 aliphatic rings. The van der Waals surface area contributed by atoms with E-state index >= 15 is 0 Å². The largest absolute Gasteiger partial charge is 0.480 e. The fourth-order valence-corrected chi connectivity index (χ4v) is 1.91. The Morgan fingerprint density at radius 3 is 1.80 bits per heavy atom. The van der Waals surface area contributed by atoms with E-state index in [-0.39, 0.29) is 18.5 Å². The predicted octanol–water partition coefficient (Wildman–Crippen LogP) is 1.82. The molecule has 0 aromatic heterocycles. The second-order valence-electron chi connectivity index (χ2n) is 6.32. The number of amides is 1. The molecule has 118 valence electrons. The predicted molar refractivity (Wildman–Crippen MR) is 78.3 cm³/mol. The Hall–Kier alpha value is -1.01. The molecule has 0 unspecified atom stereocenters. The molecule has 0 aliphatic carbocycles. The van der Waals surface area contributed by atoms with Crippen LogP contribution in [0.2, 0.25) is 0 Å². The highest BCUT2D eigenvalue weighted by atomic mass is 35.5. The van der Waals surface area contributed by atoms with Crippen LogP contribution in [0.3, 0.4) is 0 Å². The van der Waals surface area contributed by atoms with Crippen LogP contribution in [-0.2, 0) is 9.53 Å². The lowest BCUT2D eigenvalue weighted by Crippen LogP contribution is -2.59. The van der Waals surface area contributed by atoms with Crippen molar-refractivity contribution in [2.24, 2.45) is 0 Å². The molecule has 6 nitrogen and oxygen atoms in total. The van der Waals surface area contributed by atoms with Crippen LogP contribution in [-0.4, -0.2) is 64.3 Å². The summed E-state index contributed by atoms with van der Waals surface area (Å²) in [6.45, 7) is 10.9. The Kier molecular flexibility index (Phi) is 6.29. The van der Waals surface area contributed by atoms with Crippen LogP contribution in [0, 0.1) is 0 Å². The number of halogens is 1. The lowest BCUT2D eigenvalue weighted by atomic mass is 10.0. The Bertz CT molecular complexity index is 358. The zero-order chi connectivity index (χ0) is 14.8. The monoisotopic (exact) mass is 308 g/mol. The number of carbonyl (C=O) groups is 2. The van der Waals surface area contributed by atoms with Crippen molar-refractivity contribution in [3.05, 3.63) is 0 Å². The maximum atomic E-state index is 11.9. The molecule has 0 aromatic rings. The lowest BCUT2D eigenvalue weighted by Gasteiger charge is -2.41. The van der Waals surface area contributed by atoms with Crippen molar-refractivity contribution >= 4 is 24.5 Å². The number of carboxylic acid groups (broad SMARTS) is 1. The third-order valence-electron chi connectivity index (χ3n) is 3.25. The van der Waals surface area contributed by atoms with Gasteiger partial charge in [-0.2, -0.15) is 0 Å². The van der Waals surface area contributed by atoms with Crippen molar-refractivity contribution in [3.8, 4) is 0 Å². The Morgan fingerprint density at radius 1 is 1.00 bits per heavy atom. The summed E-state index contributed by atoms with van der Waals surface area (Å²) < 4.78 is 5.30.